The molecule has 1 unspecified atom stereocenters. The van der Waals surface area contributed by atoms with Gasteiger partial charge in [0.05, 0.1) is 19.0 Å². The average Bonchev–Trinajstić information content (AvgIpc) is 2.47. The first-order valence-electron chi connectivity index (χ1n) is 7.00. The van der Waals surface area contributed by atoms with Crippen molar-refractivity contribution in [1.29, 1.82) is 0 Å². The Bertz CT molecular complexity index is 564. The Kier molecular flexibility index (Phi) is 4.61. The summed E-state index contributed by atoms with van der Waals surface area (Å²) in [6.45, 7) is 6.29. The van der Waals surface area contributed by atoms with Gasteiger partial charge in [-0.15, -0.1) is 0 Å². The van der Waals surface area contributed by atoms with Crippen LogP contribution in [0.4, 0.5) is 5.69 Å². The number of anilines is 1. The number of nitrogens with zero attached hydrogens (tertiary/aromatic N) is 1. The molecule has 0 bridgehead atoms. The van der Waals surface area contributed by atoms with E-state index < -0.39 is 0 Å². The van der Waals surface area contributed by atoms with Gasteiger partial charge >= 0.3 is 0 Å². The lowest BCUT2D eigenvalue weighted by Gasteiger charge is -2.18. The molecule has 0 aliphatic heterocycles. The van der Waals surface area contributed by atoms with Crippen molar-refractivity contribution in [1.82, 2.24) is 4.98 Å². The number of benzene rings is 1. The molecule has 1 atom stereocenters. The molecule has 0 radical (unpaired) electrons. The third-order valence-electron chi connectivity index (χ3n) is 3.48. The zero-order chi connectivity index (χ0) is 14.5. The van der Waals surface area contributed by atoms with Gasteiger partial charge in [0.2, 0.25) is 0 Å². The normalized spacial score (nSPS) is 12.0. The summed E-state index contributed by atoms with van der Waals surface area (Å²) in [5.41, 5.74) is 4.57. The summed E-state index contributed by atoms with van der Waals surface area (Å²) >= 11 is 0. The van der Waals surface area contributed by atoms with Crippen molar-refractivity contribution in [2.45, 2.75) is 33.2 Å². The highest BCUT2D eigenvalue weighted by Crippen LogP contribution is 2.28. The molecule has 3 heteroatoms. The van der Waals surface area contributed by atoms with Crippen LogP contribution in [-0.2, 0) is 6.42 Å². The van der Waals surface area contributed by atoms with Crippen LogP contribution in [0.15, 0.2) is 36.5 Å². The SMILES string of the molecule is CCc1ccc(C(C)Nc2cc(C)ncc2OC)cc1. The maximum Gasteiger partial charge on any atom is 0.160 e. The fourth-order valence-corrected chi connectivity index (χ4v) is 2.18. The van der Waals surface area contributed by atoms with E-state index >= 15 is 0 Å². The molecule has 0 aliphatic carbocycles. The van der Waals surface area contributed by atoms with E-state index in [2.05, 4.69) is 48.4 Å². The lowest BCUT2D eigenvalue weighted by molar-refractivity contribution is 0.414. The maximum absolute atomic E-state index is 5.35. The van der Waals surface area contributed by atoms with Crippen molar-refractivity contribution >= 4 is 5.69 Å². The Labute approximate surface area is 121 Å². The van der Waals surface area contributed by atoms with Crippen molar-refractivity contribution in [3.05, 3.63) is 53.3 Å². The predicted molar refractivity (Wildman–Crippen MR) is 83.4 cm³/mol. The highest BCUT2D eigenvalue weighted by atomic mass is 16.5. The van der Waals surface area contributed by atoms with Gasteiger partial charge in [-0.1, -0.05) is 31.2 Å². The number of aryl methyl sites for hydroxylation is 2. The number of pyridine rings is 1. The minimum atomic E-state index is 0.219. The van der Waals surface area contributed by atoms with Crippen molar-refractivity contribution in [3.63, 3.8) is 0 Å². The summed E-state index contributed by atoms with van der Waals surface area (Å²) in [5.74, 6) is 0.771. The van der Waals surface area contributed by atoms with Crippen LogP contribution in [0.1, 0.15) is 36.7 Å². The highest BCUT2D eigenvalue weighted by molar-refractivity contribution is 5.57. The van der Waals surface area contributed by atoms with Gasteiger partial charge < -0.3 is 10.1 Å². The van der Waals surface area contributed by atoms with Crippen LogP contribution in [0, 0.1) is 6.92 Å². The van der Waals surface area contributed by atoms with E-state index in [1.54, 1.807) is 13.3 Å². The summed E-state index contributed by atoms with van der Waals surface area (Å²) in [4.78, 5) is 4.25. The van der Waals surface area contributed by atoms with Crippen molar-refractivity contribution < 1.29 is 4.74 Å². The van der Waals surface area contributed by atoms with E-state index in [9.17, 15) is 0 Å². The van der Waals surface area contributed by atoms with E-state index in [-0.39, 0.29) is 6.04 Å². The first kappa shape index (κ1) is 14.4. The van der Waals surface area contributed by atoms with Gasteiger partial charge in [0.25, 0.3) is 0 Å². The molecule has 0 saturated heterocycles. The van der Waals surface area contributed by atoms with Gasteiger partial charge in [-0.25, -0.2) is 0 Å². The van der Waals surface area contributed by atoms with Gasteiger partial charge in [-0.3, -0.25) is 4.98 Å². The van der Waals surface area contributed by atoms with Gasteiger partial charge in [-0.05, 0) is 37.5 Å². The Morgan fingerprint density at radius 2 is 1.95 bits per heavy atom. The number of hydrogen-bond acceptors (Lipinski definition) is 3. The van der Waals surface area contributed by atoms with E-state index in [0.29, 0.717) is 0 Å². The fraction of sp³-hybridized carbons (Fsp3) is 0.353. The molecular weight excluding hydrogens is 248 g/mol. The number of hydrogen-bond donors (Lipinski definition) is 1. The monoisotopic (exact) mass is 270 g/mol. The largest absolute Gasteiger partial charge is 0.493 e. The Morgan fingerprint density at radius 3 is 2.55 bits per heavy atom. The number of aromatic nitrogens is 1. The number of nitrogens with one attached hydrogen (secondary N) is 1. The molecule has 1 N–H and O–H groups in total. The predicted octanol–water partition coefficient (Wildman–Crippen LogP) is 4.13. The molecule has 0 spiro atoms. The van der Waals surface area contributed by atoms with Crippen LogP contribution in [0.5, 0.6) is 5.75 Å². The smallest absolute Gasteiger partial charge is 0.160 e. The van der Waals surface area contributed by atoms with Crippen LogP contribution in [0.2, 0.25) is 0 Å². The minimum Gasteiger partial charge on any atom is -0.493 e. The third kappa shape index (κ3) is 3.29. The van der Waals surface area contributed by atoms with Crippen molar-refractivity contribution in [3.8, 4) is 5.75 Å². The summed E-state index contributed by atoms with van der Waals surface area (Å²) in [6, 6.07) is 11.0. The van der Waals surface area contributed by atoms with Gasteiger partial charge in [-0.2, -0.15) is 0 Å². The molecule has 1 aromatic carbocycles. The molecule has 2 rings (SSSR count). The molecule has 0 fully saturated rings. The number of ether oxygens (including phenoxy) is 1. The van der Waals surface area contributed by atoms with E-state index in [1.165, 1.54) is 11.1 Å². The molecule has 1 aromatic heterocycles. The van der Waals surface area contributed by atoms with E-state index in [1.807, 2.05) is 13.0 Å². The van der Waals surface area contributed by atoms with Gasteiger partial charge in [0.1, 0.15) is 0 Å². The zero-order valence-electron chi connectivity index (χ0n) is 12.6. The molecule has 0 aliphatic rings. The summed E-state index contributed by atoms with van der Waals surface area (Å²) in [6.07, 6.45) is 2.82. The molecule has 3 nitrogen and oxygen atoms in total. The molecule has 1 heterocycles. The second-order valence-corrected chi connectivity index (χ2v) is 4.99. The zero-order valence-corrected chi connectivity index (χ0v) is 12.6. The molecule has 0 saturated carbocycles. The molecule has 0 amide bonds. The second-order valence-electron chi connectivity index (χ2n) is 4.99. The van der Waals surface area contributed by atoms with Crippen LogP contribution in [0.3, 0.4) is 0 Å². The minimum absolute atomic E-state index is 0.219. The Balaban J connectivity index is 2.17. The van der Waals surface area contributed by atoms with Gasteiger partial charge in [0, 0.05) is 11.7 Å². The molecule has 106 valence electrons. The topological polar surface area (TPSA) is 34.2 Å². The Hall–Kier alpha value is -2.03. The van der Waals surface area contributed by atoms with Crippen LogP contribution in [0.25, 0.3) is 0 Å². The lowest BCUT2D eigenvalue weighted by atomic mass is 10.0. The van der Waals surface area contributed by atoms with Crippen LogP contribution < -0.4 is 10.1 Å². The quantitative estimate of drug-likeness (QED) is 0.887. The van der Waals surface area contributed by atoms with Crippen molar-refractivity contribution in [2.24, 2.45) is 0 Å². The molecule has 2 aromatic rings. The van der Waals surface area contributed by atoms with Crippen molar-refractivity contribution in [2.75, 3.05) is 12.4 Å². The third-order valence-corrected chi connectivity index (χ3v) is 3.48. The number of methoxy groups -OCH3 is 1. The first-order valence-corrected chi connectivity index (χ1v) is 7.00. The number of rotatable bonds is 5. The summed E-state index contributed by atoms with van der Waals surface area (Å²) in [7, 11) is 1.66. The van der Waals surface area contributed by atoms with Crippen LogP contribution >= 0.6 is 0 Å². The fourth-order valence-electron chi connectivity index (χ4n) is 2.18. The standard InChI is InChI=1S/C17H22N2O/c1-5-14-6-8-15(9-7-14)13(3)19-16-10-12(2)18-11-17(16)20-4/h6-11,13H,5H2,1-4H3,(H,18,19). The molecular formula is C17H22N2O. The summed E-state index contributed by atoms with van der Waals surface area (Å²) in [5, 5.41) is 3.49. The molecule has 20 heavy (non-hydrogen) atoms. The van der Waals surface area contributed by atoms with Gasteiger partial charge in [0.15, 0.2) is 5.75 Å². The van der Waals surface area contributed by atoms with E-state index in [0.717, 1.165) is 23.6 Å². The maximum atomic E-state index is 5.35. The second kappa shape index (κ2) is 6.42. The van der Waals surface area contributed by atoms with E-state index in [4.69, 9.17) is 4.74 Å². The Morgan fingerprint density at radius 1 is 1.25 bits per heavy atom. The highest BCUT2D eigenvalue weighted by Gasteiger charge is 2.09. The first-order chi connectivity index (χ1) is 9.63. The average molecular weight is 270 g/mol. The lowest BCUT2D eigenvalue weighted by Crippen LogP contribution is -2.08. The van der Waals surface area contributed by atoms with Crippen LogP contribution in [-0.4, -0.2) is 12.1 Å². The summed E-state index contributed by atoms with van der Waals surface area (Å²) < 4.78 is 5.35.